The van der Waals surface area contributed by atoms with Gasteiger partial charge < -0.3 is 28.9 Å². The van der Waals surface area contributed by atoms with Crippen LogP contribution in [0.15, 0.2) is 126 Å². The Bertz CT molecular complexity index is 2270. The number of piperazine rings is 1. The minimum atomic E-state index is -1.16. The lowest BCUT2D eigenvalue weighted by atomic mass is 9.78. The van der Waals surface area contributed by atoms with Gasteiger partial charge in [-0.2, -0.15) is 0 Å². The fourth-order valence-corrected chi connectivity index (χ4v) is 8.63. The second kappa shape index (κ2) is 23.8. The Morgan fingerprint density at radius 2 is 1.15 bits per heavy atom. The SMILES string of the molecule is O=C(/N=C(\NC(=O)OCc1ccccc1)N1CCCC(C[C@H]2C(=O)N(C(=O)N3CCN(C(=O)CCCCCc4ccccc4)CC3)C2C(=O)OCc2ccccc2)C1)OCc1ccccc1. The molecule has 66 heavy (non-hydrogen) atoms. The molecule has 3 saturated heterocycles. The maximum Gasteiger partial charge on any atom is 0.437 e. The number of benzene rings is 4. The summed E-state index contributed by atoms with van der Waals surface area (Å²) in [6.07, 6.45) is 3.93. The van der Waals surface area contributed by atoms with Gasteiger partial charge in [-0.3, -0.25) is 14.9 Å². The number of guanidine groups is 1. The highest BCUT2D eigenvalue weighted by Crippen LogP contribution is 2.37. The minimum absolute atomic E-state index is 0.00841. The molecule has 346 valence electrons. The molecule has 0 saturated carbocycles. The smallest absolute Gasteiger partial charge is 0.437 e. The van der Waals surface area contributed by atoms with Gasteiger partial charge in [0.2, 0.25) is 17.8 Å². The average molecular weight is 899 g/mol. The van der Waals surface area contributed by atoms with Crippen molar-refractivity contribution < 1.29 is 43.0 Å². The fourth-order valence-electron chi connectivity index (χ4n) is 8.63. The van der Waals surface area contributed by atoms with Gasteiger partial charge in [-0.25, -0.2) is 24.1 Å². The summed E-state index contributed by atoms with van der Waals surface area (Å²) in [6.45, 7) is 1.76. The number of β-lactam (4-membered cyclic amide) rings is 1. The van der Waals surface area contributed by atoms with Crippen molar-refractivity contribution in [3.05, 3.63) is 144 Å². The first-order valence-electron chi connectivity index (χ1n) is 22.9. The molecule has 3 heterocycles. The number of rotatable bonds is 15. The lowest BCUT2D eigenvalue weighted by Crippen LogP contribution is -2.70. The molecule has 4 aromatic carbocycles. The summed E-state index contributed by atoms with van der Waals surface area (Å²) in [5.41, 5.74) is 3.58. The van der Waals surface area contributed by atoms with Crippen molar-refractivity contribution in [2.24, 2.45) is 16.8 Å². The number of carbonyl (C=O) groups excluding carboxylic acids is 6. The van der Waals surface area contributed by atoms with Crippen LogP contribution in [0.2, 0.25) is 0 Å². The van der Waals surface area contributed by atoms with E-state index in [1.807, 2.05) is 109 Å². The van der Waals surface area contributed by atoms with Crippen LogP contribution in [-0.2, 0) is 54.8 Å². The van der Waals surface area contributed by atoms with Crippen LogP contribution in [0.25, 0.3) is 0 Å². The van der Waals surface area contributed by atoms with Gasteiger partial charge in [0.05, 0.1) is 5.92 Å². The summed E-state index contributed by atoms with van der Waals surface area (Å²) in [5, 5.41) is 2.63. The van der Waals surface area contributed by atoms with Gasteiger partial charge in [-0.05, 0) is 66.7 Å². The van der Waals surface area contributed by atoms with Crippen LogP contribution < -0.4 is 5.32 Å². The number of nitrogens with zero attached hydrogens (tertiary/aromatic N) is 5. The number of alkyl carbamates (subject to hydrolysis) is 1. The number of likely N-dealkylation sites (tertiary alicyclic amines) is 2. The number of carbonyl (C=O) groups is 6. The third kappa shape index (κ3) is 13.3. The molecular weight excluding hydrogens is 841 g/mol. The number of urea groups is 1. The number of hydrogen-bond acceptors (Lipinski definition) is 9. The molecule has 0 aliphatic carbocycles. The van der Waals surface area contributed by atoms with Crippen molar-refractivity contribution in [1.29, 1.82) is 0 Å². The van der Waals surface area contributed by atoms with Crippen molar-refractivity contribution in [3.63, 3.8) is 0 Å². The quantitative estimate of drug-likeness (QED) is 0.0318. The van der Waals surface area contributed by atoms with E-state index in [1.54, 1.807) is 9.80 Å². The summed E-state index contributed by atoms with van der Waals surface area (Å²) in [5.74, 6) is -2.23. The molecule has 3 aliphatic heterocycles. The first-order valence-corrected chi connectivity index (χ1v) is 22.9. The van der Waals surface area contributed by atoms with Crippen LogP contribution in [0.1, 0.15) is 67.2 Å². The molecule has 7 rings (SSSR count). The summed E-state index contributed by atoms with van der Waals surface area (Å²) in [7, 11) is 0. The Morgan fingerprint density at radius 1 is 0.606 bits per heavy atom. The zero-order valence-corrected chi connectivity index (χ0v) is 37.2. The third-order valence-corrected chi connectivity index (χ3v) is 12.2. The van der Waals surface area contributed by atoms with Crippen molar-refractivity contribution in [3.8, 4) is 0 Å². The van der Waals surface area contributed by atoms with Crippen molar-refractivity contribution >= 4 is 42.0 Å². The highest BCUT2D eigenvalue weighted by atomic mass is 16.6. The summed E-state index contributed by atoms with van der Waals surface area (Å²) >= 11 is 0. The predicted octanol–water partition coefficient (Wildman–Crippen LogP) is 7.35. The van der Waals surface area contributed by atoms with Gasteiger partial charge in [-0.1, -0.05) is 128 Å². The van der Waals surface area contributed by atoms with E-state index in [4.69, 9.17) is 14.2 Å². The average Bonchev–Trinajstić information content (AvgIpc) is 3.36. The highest BCUT2D eigenvalue weighted by molar-refractivity contribution is 6.08. The molecule has 3 fully saturated rings. The summed E-state index contributed by atoms with van der Waals surface area (Å²) in [6, 6.07) is 36.0. The van der Waals surface area contributed by atoms with Crippen LogP contribution in [0.5, 0.6) is 0 Å². The van der Waals surface area contributed by atoms with Gasteiger partial charge in [-0.15, -0.1) is 4.99 Å². The maximum atomic E-state index is 14.1. The number of hydrogen-bond donors (Lipinski definition) is 1. The Morgan fingerprint density at radius 3 is 1.76 bits per heavy atom. The largest absolute Gasteiger partial charge is 0.459 e. The molecule has 6 amide bonds. The predicted molar refractivity (Wildman–Crippen MR) is 245 cm³/mol. The first-order chi connectivity index (χ1) is 32.2. The van der Waals surface area contributed by atoms with Gasteiger partial charge >= 0.3 is 24.2 Å². The van der Waals surface area contributed by atoms with E-state index in [-0.39, 0.29) is 63.7 Å². The van der Waals surface area contributed by atoms with E-state index >= 15 is 0 Å². The zero-order chi connectivity index (χ0) is 46.1. The molecule has 0 bridgehead atoms. The van der Waals surface area contributed by atoms with Gasteiger partial charge in [0, 0.05) is 45.7 Å². The number of nitrogens with one attached hydrogen (secondary N) is 1. The van der Waals surface area contributed by atoms with Gasteiger partial charge in [0.25, 0.3) is 0 Å². The number of aryl methyl sites for hydroxylation is 1. The highest BCUT2D eigenvalue weighted by Gasteiger charge is 2.57. The Kier molecular flexibility index (Phi) is 16.9. The molecule has 0 spiro atoms. The molecule has 1 N–H and O–H groups in total. The fraction of sp³-hybridized carbons (Fsp3) is 0.392. The van der Waals surface area contributed by atoms with Crippen molar-refractivity contribution in [2.75, 3.05) is 39.3 Å². The number of ether oxygens (including phenoxy) is 3. The number of piperidine rings is 1. The van der Waals surface area contributed by atoms with Crippen LogP contribution in [0, 0.1) is 11.8 Å². The molecule has 15 nitrogen and oxygen atoms in total. The first kappa shape index (κ1) is 46.9. The molecule has 2 unspecified atom stereocenters. The van der Waals surface area contributed by atoms with Gasteiger partial charge in [0.15, 0.2) is 6.04 Å². The Balaban J connectivity index is 0.977. The molecule has 15 heteroatoms. The van der Waals surface area contributed by atoms with Crippen LogP contribution in [0.3, 0.4) is 0 Å². The molecule has 0 radical (unpaired) electrons. The second-order valence-electron chi connectivity index (χ2n) is 16.9. The van der Waals surface area contributed by atoms with Crippen LogP contribution in [-0.4, -0.2) is 107 Å². The number of esters is 1. The lowest BCUT2D eigenvalue weighted by Gasteiger charge is -2.48. The molecule has 3 atom stereocenters. The summed E-state index contributed by atoms with van der Waals surface area (Å²) in [4.78, 5) is 91.5. The molecular formula is C51H58N6O9. The number of imide groups is 1. The zero-order valence-electron chi connectivity index (χ0n) is 37.2. The lowest BCUT2D eigenvalue weighted by molar-refractivity contribution is -0.172. The maximum absolute atomic E-state index is 14.1. The van der Waals surface area contributed by atoms with Crippen molar-refractivity contribution in [2.45, 2.75) is 77.2 Å². The summed E-state index contributed by atoms with van der Waals surface area (Å²) < 4.78 is 16.6. The Hall–Kier alpha value is -7.03. The molecule has 3 aliphatic rings. The van der Waals surface area contributed by atoms with Crippen molar-refractivity contribution in [1.82, 2.24) is 24.9 Å². The van der Waals surface area contributed by atoms with E-state index in [0.29, 0.717) is 38.9 Å². The monoisotopic (exact) mass is 898 g/mol. The molecule has 0 aromatic heterocycles. The van der Waals surface area contributed by atoms with Crippen LogP contribution >= 0.6 is 0 Å². The number of unbranched alkanes of at least 4 members (excludes halogenated alkanes) is 2. The molecule has 4 aromatic rings. The van der Waals surface area contributed by atoms with Crippen LogP contribution in [0.4, 0.5) is 14.4 Å². The topological polar surface area (TPSA) is 167 Å². The normalized spacial score (nSPS) is 18.5. The van der Waals surface area contributed by atoms with E-state index in [0.717, 1.165) is 47.3 Å². The minimum Gasteiger partial charge on any atom is -0.459 e. The third-order valence-electron chi connectivity index (χ3n) is 12.2. The second-order valence-corrected chi connectivity index (χ2v) is 16.9. The van der Waals surface area contributed by atoms with E-state index in [1.165, 1.54) is 10.5 Å². The Labute approximate surface area is 385 Å². The number of amides is 6. The standard InChI is InChI=1S/C51H58N6O9/c58-44(27-15-5-8-19-38-17-6-1-7-18-38)54-29-31-55(32-30-54)51(63)57-45(47(60)64-35-39-20-9-2-10-21-39)43(46(57)59)33-42-26-16-28-56(34-42)48(52-49(61)65-36-40-22-11-3-12-23-40)53-50(62)66-37-41-24-13-4-14-25-41/h1-4,6-7,9-14,17-18,20-25,42-43,45H,5,8,15-16,19,26-37H2,(H,52,53,61,62)/t42?,43-,45?/m1/s1. The number of aliphatic imine (C=N–C) groups is 1. The van der Waals surface area contributed by atoms with E-state index < -0.39 is 42.1 Å². The van der Waals surface area contributed by atoms with Gasteiger partial charge in [0.1, 0.15) is 19.8 Å². The van der Waals surface area contributed by atoms with E-state index in [9.17, 15) is 28.8 Å². The van der Waals surface area contributed by atoms with E-state index in [2.05, 4.69) is 22.4 Å².